The zero-order valence-electron chi connectivity index (χ0n) is 18.5. The lowest BCUT2D eigenvalue weighted by Gasteiger charge is -2.15. The van der Waals surface area contributed by atoms with Gasteiger partial charge < -0.3 is 29.0 Å². The van der Waals surface area contributed by atoms with Gasteiger partial charge in [-0.1, -0.05) is 12.1 Å². The topological polar surface area (TPSA) is 75.3 Å². The average molecular weight is 459 g/mol. The first-order chi connectivity index (χ1) is 15.9. The summed E-state index contributed by atoms with van der Waals surface area (Å²) in [5.74, 6) is 1.12. The lowest BCUT2D eigenvalue weighted by atomic mass is 10.0. The third kappa shape index (κ3) is 5.43. The van der Waals surface area contributed by atoms with Crippen molar-refractivity contribution < 1.29 is 37.3 Å². The lowest BCUT2D eigenvalue weighted by Crippen LogP contribution is -2.13. The second-order valence-electron chi connectivity index (χ2n) is 6.69. The number of hydrogen-bond donors (Lipinski definition) is 1. The van der Waals surface area contributed by atoms with Gasteiger partial charge in [0.25, 0.3) is 5.91 Å². The quantitative estimate of drug-likeness (QED) is 0.472. The minimum atomic E-state index is -3.00. The Bertz CT molecular complexity index is 1090. The number of methoxy groups -OCH3 is 4. The lowest BCUT2D eigenvalue weighted by molar-refractivity contribution is -0.0494. The van der Waals surface area contributed by atoms with E-state index in [2.05, 4.69) is 10.1 Å². The Balaban J connectivity index is 1.96. The molecule has 0 radical (unpaired) electrons. The van der Waals surface area contributed by atoms with E-state index in [1.807, 2.05) is 0 Å². The molecule has 3 aromatic rings. The molecule has 0 saturated carbocycles. The van der Waals surface area contributed by atoms with Gasteiger partial charge >= 0.3 is 6.61 Å². The Labute approximate surface area is 189 Å². The summed E-state index contributed by atoms with van der Waals surface area (Å²) in [7, 11) is 5.88. The summed E-state index contributed by atoms with van der Waals surface area (Å²) in [5, 5.41) is 2.75. The maximum atomic E-state index is 12.9. The molecule has 0 aliphatic heterocycles. The maximum absolute atomic E-state index is 12.9. The summed E-state index contributed by atoms with van der Waals surface area (Å²) in [4.78, 5) is 12.9. The minimum absolute atomic E-state index is 0.0269. The number of amides is 1. The zero-order valence-corrected chi connectivity index (χ0v) is 18.5. The number of anilines is 1. The predicted octanol–water partition coefficient (Wildman–Crippen LogP) is 5.24. The van der Waals surface area contributed by atoms with Crippen LogP contribution in [0.2, 0.25) is 0 Å². The summed E-state index contributed by atoms with van der Waals surface area (Å²) in [6.45, 7) is -3.00. The Hall–Kier alpha value is -4.01. The first-order valence-electron chi connectivity index (χ1n) is 9.74. The molecule has 0 spiro atoms. The average Bonchev–Trinajstić information content (AvgIpc) is 2.83. The minimum Gasteiger partial charge on any atom is -0.497 e. The number of rotatable bonds is 9. The molecule has 33 heavy (non-hydrogen) atoms. The smallest absolute Gasteiger partial charge is 0.387 e. The second kappa shape index (κ2) is 10.5. The van der Waals surface area contributed by atoms with Crippen LogP contribution in [0.1, 0.15) is 10.4 Å². The highest BCUT2D eigenvalue weighted by Gasteiger charge is 2.18. The normalized spacial score (nSPS) is 10.5. The van der Waals surface area contributed by atoms with E-state index in [4.69, 9.17) is 18.9 Å². The van der Waals surface area contributed by atoms with E-state index in [1.165, 1.54) is 52.7 Å². The van der Waals surface area contributed by atoms with Crippen LogP contribution in [-0.2, 0) is 0 Å². The van der Waals surface area contributed by atoms with Crippen LogP contribution in [0.3, 0.4) is 0 Å². The molecule has 0 unspecified atom stereocenters. The van der Waals surface area contributed by atoms with Crippen LogP contribution in [0, 0.1) is 0 Å². The molecule has 0 saturated heterocycles. The van der Waals surface area contributed by atoms with Crippen molar-refractivity contribution in [3.05, 3.63) is 60.2 Å². The second-order valence-corrected chi connectivity index (χ2v) is 6.69. The van der Waals surface area contributed by atoms with Gasteiger partial charge in [-0.15, -0.1) is 0 Å². The van der Waals surface area contributed by atoms with Crippen molar-refractivity contribution in [3.63, 3.8) is 0 Å². The number of halogens is 2. The first-order valence-corrected chi connectivity index (χ1v) is 9.74. The van der Waals surface area contributed by atoms with Gasteiger partial charge in [0, 0.05) is 16.8 Å². The Morgan fingerprint density at radius 2 is 1.42 bits per heavy atom. The van der Waals surface area contributed by atoms with Gasteiger partial charge in [0.05, 0.1) is 28.4 Å². The number of carbonyl (C=O) groups excluding carboxylic acids is 1. The van der Waals surface area contributed by atoms with Crippen molar-refractivity contribution in [2.75, 3.05) is 33.8 Å². The molecule has 0 heterocycles. The molecule has 3 rings (SSSR count). The molecular formula is C24H23F2NO6. The van der Waals surface area contributed by atoms with Crippen LogP contribution in [0.25, 0.3) is 11.1 Å². The van der Waals surface area contributed by atoms with E-state index in [1.54, 1.807) is 30.3 Å². The third-order valence-electron chi connectivity index (χ3n) is 4.78. The van der Waals surface area contributed by atoms with Gasteiger partial charge in [-0.3, -0.25) is 4.79 Å². The molecule has 0 aromatic heterocycles. The summed E-state index contributed by atoms with van der Waals surface area (Å²) in [5.41, 5.74) is 1.61. The standard InChI is InChI=1S/C24H23F2NO6/c1-29-17-8-5-14(6-9-17)18-13-16(7-10-19(18)33-24(25)26)27-23(28)15-11-20(30-2)22(32-4)21(12-15)31-3/h5-13,24H,1-4H3,(H,27,28). The van der Waals surface area contributed by atoms with Crippen molar-refractivity contribution in [2.45, 2.75) is 6.61 Å². The fourth-order valence-electron chi connectivity index (χ4n) is 3.22. The van der Waals surface area contributed by atoms with Crippen molar-refractivity contribution in [1.82, 2.24) is 0 Å². The van der Waals surface area contributed by atoms with E-state index in [0.717, 1.165) is 0 Å². The van der Waals surface area contributed by atoms with Gasteiger partial charge in [-0.2, -0.15) is 8.78 Å². The van der Waals surface area contributed by atoms with Crippen molar-refractivity contribution >= 4 is 11.6 Å². The number of carbonyl (C=O) groups is 1. The fourth-order valence-corrected chi connectivity index (χ4v) is 3.22. The van der Waals surface area contributed by atoms with E-state index in [-0.39, 0.29) is 11.3 Å². The Kier molecular flexibility index (Phi) is 7.55. The maximum Gasteiger partial charge on any atom is 0.387 e. The van der Waals surface area contributed by atoms with Crippen molar-refractivity contribution in [2.24, 2.45) is 0 Å². The third-order valence-corrected chi connectivity index (χ3v) is 4.78. The van der Waals surface area contributed by atoms with E-state index in [0.29, 0.717) is 39.8 Å². The largest absolute Gasteiger partial charge is 0.497 e. The summed E-state index contributed by atoms with van der Waals surface area (Å²) in [6.07, 6.45) is 0. The van der Waals surface area contributed by atoms with Crippen LogP contribution in [0.15, 0.2) is 54.6 Å². The van der Waals surface area contributed by atoms with Crippen LogP contribution < -0.4 is 29.0 Å². The molecule has 0 aliphatic rings. The molecule has 9 heteroatoms. The first kappa shape index (κ1) is 23.6. The van der Waals surface area contributed by atoms with Crippen molar-refractivity contribution in [1.29, 1.82) is 0 Å². The summed E-state index contributed by atoms with van der Waals surface area (Å²) in [6, 6.07) is 14.2. The molecule has 0 atom stereocenters. The van der Waals surface area contributed by atoms with Crippen LogP contribution in [-0.4, -0.2) is 41.0 Å². The molecule has 1 amide bonds. The van der Waals surface area contributed by atoms with Crippen molar-refractivity contribution in [3.8, 4) is 39.9 Å². The van der Waals surface area contributed by atoms with E-state index < -0.39 is 12.5 Å². The van der Waals surface area contributed by atoms with E-state index in [9.17, 15) is 13.6 Å². The molecule has 0 aliphatic carbocycles. The van der Waals surface area contributed by atoms with Crippen LogP contribution in [0.5, 0.6) is 28.7 Å². The van der Waals surface area contributed by atoms with E-state index >= 15 is 0 Å². The fraction of sp³-hybridized carbons (Fsp3) is 0.208. The number of alkyl halides is 2. The molecule has 0 fully saturated rings. The van der Waals surface area contributed by atoms with Gasteiger partial charge in [-0.05, 0) is 48.0 Å². The highest BCUT2D eigenvalue weighted by atomic mass is 19.3. The van der Waals surface area contributed by atoms with Gasteiger partial charge in [0.15, 0.2) is 11.5 Å². The molecular weight excluding hydrogens is 436 g/mol. The van der Waals surface area contributed by atoms with Gasteiger partial charge in [0.2, 0.25) is 5.75 Å². The monoisotopic (exact) mass is 459 g/mol. The molecule has 1 N–H and O–H groups in total. The Morgan fingerprint density at radius 3 is 1.94 bits per heavy atom. The van der Waals surface area contributed by atoms with Gasteiger partial charge in [0.1, 0.15) is 11.5 Å². The number of nitrogens with one attached hydrogen (secondary N) is 1. The van der Waals surface area contributed by atoms with Crippen LogP contribution in [0.4, 0.5) is 14.5 Å². The molecule has 174 valence electrons. The molecule has 0 bridgehead atoms. The number of ether oxygens (including phenoxy) is 5. The Morgan fingerprint density at radius 1 is 0.788 bits per heavy atom. The highest BCUT2D eigenvalue weighted by Crippen LogP contribution is 2.39. The molecule has 7 nitrogen and oxygen atoms in total. The van der Waals surface area contributed by atoms with Gasteiger partial charge in [-0.25, -0.2) is 0 Å². The summed E-state index contributed by atoms with van der Waals surface area (Å²) < 4.78 is 51.5. The molecule has 3 aromatic carbocycles. The highest BCUT2D eigenvalue weighted by molar-refractivity contribution is 6.05. The number of benzene rings is 3. The summed E-state index contributed by atoms with van der Waals surface area (Å²) >= 11 is 0. The SMILES string of the molecule is COc1ccc(-c2cc(NC(=O)c3cc(OC)c(OC)c(OC)c3)ccc2OC(F)F)cc1. The zero-order chi connectivity index (χ0) is 24.0. The van der Waals surface area contributed by atoms with Crippen LogP contribution >= 0.6 is 0 Å². The predicted molar refractivity (Wildman–Crippen MR) is 119 cm³/mol. The number of hydrogen-bond acceptors (Lipinski definition) is 6.